The number of nitrogens with one attached hydrogen (secondary N) is 1. The third-order valence-corrected chi connectivity index (χ3v) is 7.94. The van der Waals surface area contributed by atoms with E-state index in [1.807, 2.05) is 54.6 Å². The van der Waals surface area contributed by atoms with E-state index in [1.54, 1.807) is 0 Å². The van der Waals surface area contributed by atoms with Gasteiger partial charge in [0.05, 0.1) is 11.0 Å². The van der Waals surface area contributed by atoms with Crippen LogP contribution in [0, 0.1) is 0 Å². The van der Waals surface area contributed by atoms with E-state index >= 15 is 0 Å². The summed E-state index contributed by atoms with van der Waals surface area (Å²) in [6.07, 6.45) is 5.19. The predicted octanol–water partition coefficient (Wildman–Crippen LogP) is 4.75. The molecule has 3 nitrogen and oxygen atoms in total. The molecule has 0 amide bonds. The van der Waals surface area contributed by atoms with Crippen LogP contribution < -0.4 is 15.1 Å². The first kappa shape index (κ1) is 13.9. The van der Waals surface area contributed by atoms with E-state index in [2.05, 4.69) is 5.32 Å². The molecular formula is C18H20NO2P. The summed E-state index contributed by atoms with van der Waals surface area (Å²) in [5.41, 5.74) is 0.965. The second-order valence-corrected chi connectivity index (χ2v) is 8.85. The predicted molar refractivity (Wildman–Crippen MR) is 90.2 cm³/mol. The van der Waals surface area contributed by atoms with Crippen LogP contribution in [0.3, 0.4) is 0 Å². The van der Waals surface area contributed by atoms with Crippen molar-refractivity contribution in [3.05, 3.63) is 54.6 Å². The highest BCUT2D eigenvalue weighted by molar-refractivity contribution is 7.69. The first-order valence-electron chi connectivity index (χ1n) is 7.96. The molecule has 1 aliphatic carbocycles. The van der Waals surface area contributed by atoms with Gasteiger partial charge in [0, 0.05) is 0 Å². The Hall–Kier alpha value is -1.73. The lowest BCUT2D eigenvalue weighted by molar-refractivity contribution is 0.360. The summed E-state index contributed by atoms with van der Waals surface area (Å²) in [6.45, 7) is 0. The molecule has 0 saturated heterocycles. The Balaban J connectivity index is 1.88. The molecule has 22 heavy (non-hydrogen) atoms. The molecule has 0 radical (unpaired) electrons. The molecule has 1 saturated carbocycles. The van der Waals surface area contributed by atoms with Gasteiger partial charge in [-0.2, -0.15) is 0 Å². The van der Waals surface area contributed by atoms with Gasteiger partial charge in [-0.05, 0) is 37.1 Å². The van der Waals surface area contributed by atoms with Crippen molar-refractivity contribution in [2.24, 2.45) is 0 Å². The summed E-state index contributed by atoms with van der Waals surface area (Å²) < 4.78 is 20.2. The molecule has 0 bridgehead atoms. The molecule has 1 spiro atoms. The van der Waals surface area contributed by atoms with Crippen molar-refractivity contribution in [2.75, 3.05) is 5.32 Å². The largest absolute Gasteiger partial charge is 0.436 e. The third kappa shape index (κ3) is 1.99. The topological polar surface area (TPSA) is 38.3 Å². The Morgan fingerprint density at radius 3 is 2.36 bits per heavy atom. The van der Waals surface area contributed by atoms with Crippen LogP contribution in [0.4, 0.5) is 5.69 Å². The van der Waals surface area contributed by atoms with E-state index in [1.165, 1.54) is 6.42 Å². The smallest absolute Gasteiger partial charge is 0.301 e. The molecule has 1 atom stereocenters. The minimum atomic E-state index is -3.02. The van der Waals surface area contributed by atoms with Gasteiger partial charge < -0.3 is 9.84 Å². The average Bonchev–Trinajstić information content (AvgIpc) is 2.58. The molecule has 1 aliphatic heterocycles. The molecule has 1 N–H and O–H groups in total. The van der Waals surface area contributed by atoms with Crippen molar-refractivity contribution in [3.8, 4) is 5.75 Å². The number of fused-ring (bicyclic) bond motifs is 1. The summed E-state index contributed by atoms with van der Waals surface area (Å²) in [7, 11) is -3.02. The summed E-state index contributed by atoms with van der Waals surface area (Å²) in [5, 5.41) is 3.97. The van der Waals surface area contributed by atoms with Gasteiger partial charge in [0.25, 0.3) is 0 Å². The highest BCUT2D eigenvalue weighted by Gasteiger charge is 2.54. The molecule has 4 heteroatoms. The zero-order valence-electron chi connectivity index (χ0n) is 12.5. The Labute approximate surface area is 131 Å². The van der Waals surface area contributed by atoms with E-state index < -0.39 is 12.6 Å². The lowest BCUT2D eigenvalue weighted by Crippen LogP contribution is -2.46. The van der Waals surface area contributed by atoms with Crippen molar-refractivity contribution in [2.45, 2.75) is 37.4 Å². The molecule has 0 aromatic heterocycles. The number of hydrogen-bond donors (Lipinski definition) is 1. The maximum absolute atomic E-state index is 14.0. The lowest BCUT2D eigenvalue weighted by atomic mass is 9.94. The quantitative estimate of drug-likeness (QED) is 0.772. The van der Waals surface area contributed by atoms with E-state index in [9.17, 15) is 4.57 Å². The summed E-state index contributed by atoms with van der Waals surface area (Å²) in [4.78, 5) is 0. The number of rotatable bonds is 1. The van der Waals surface area contributed by atoms with Gasteiger partial charge in [0.1, 0.15) is 11.0 Å². The van der Waals surface area contributed by atoms with Crippen LogP contribution in [0.1, 0.15) is 32.1 Å². The molecular weight excluding hydrogens is 293 g/mol. The second-order valence-electron chi connectivity index (χ2n) is 6.19. The van der Waals surface area contributed by atoms with Crippen molar-refractivity contribution < 1.29 is 9.09 Å². The Bertz CT molecular complexity index is 723. The van der Waals surface area contributed by atoms with Crippen molar-refractivity contribution >= 4 is 18.4 Å². The fourth-order valence-electron chi connectivity index (χ4n) is 3.68. The van der Waals surface area contributed by atoms with Crippen LogP contribution in [0.5, 0.6) is 5.75 Å². The van der Waals surface area contributed by atoms with Crippen LogP contribution in [-0.4, -0.2) is 5.28 Å². The minimum Gasteiger partial charge on any atom is -0.436 e. The van der Waals surface area contributed by atoms with Crippen LogP contribution in [-0.2, 0) is 4.57 Å². The average molecular weight is 313 g/mol. The van der Waals surface area contributed by atoms with E-state index in [4.69, 9.17) is 4.52 Å². The number of para-hydroxylation sites is 2. The number of hydrogen-bond acceptors (Lipinski definition) is 3. The number of benzene rings is 2. The van der Waals surface area contributed by atoms with E-state index in [0.717, 1.165) is 36.7 Å². The zero-order valence-corrected chi connectivity index (χ0v) is 13.4. The fraction of sp³-hybridized carbons (Fsp3) is 0.333. The molecule has 2 aliphatic rings. The number of anilines is 1. The summed E-state index contributed by atoms with van der Waals surface area (Å²) in [5.74, 6) is 0.700. The molecule has 4 rings (SSSR count). The first-order valence-corrected chi connectivity index (χ1v) is 9.59. The van der Waals surface area contributed by atoms with E-state index in [-0.39, 0.29) is 0 Å². The molecule has 114 valence electrons. The maximum Gasteiger partial charge on any atom is 0.301 e. The van der Waals surface area contributed by atoms with Crippen LogP contribution in [0.2, 0.25) is 0 Å². The van der Waals surface area contributed by atoms with Crippen LogP contribution >= 0.6 is 7.37 Å². The SMILES string of the molecule is O=[P@@]1(c2ccccc2)Oc2ccccc2NC12CCCCC2. The first-order chi connectivity index (χ1) is 10.7. The van der Waals surface area contributed by atoms with Gasteiger partial charge in [-0.1, -0.05) is 49.6 Å². The maximum atomic E-state index is 14.0. The minimum absolute atomic E-state index is 0.457. The van der Waals surface area contributed by atoms with Gasteiger partial charge in [0.15, 0.2) is 0 Å². The second kappa shape index (κ2) is 5.17. The highest BCUT2D eigenvalue weighted by atomic mass is 31.2. The normalized spacial score (nSPS) is 25.8. The molecule has 2 aromatic rings. The van der Waals surface area contributed by atoms with Crippen LogP contribution in [0.25, 0.3) is 0 Å². The van der Waals surface area contributed by atoms with Crippen LogP contribution in [0.15, 0.2) is 54.6 Å². The Morgan fingerprint density at radius 2 is 1.59 bits per heavy atom. The van der Waals surface area contributed by atoms with Crippen molar-refractivity contribution in [1.29, 1.82) is 0 Å². The highest BCUT2D eigenvalue weighted by Crippen LogP contribution is 2.66. The van der Waals surface area contributed by atoms with Gasteiger partial charge in [-0.15, -0.1) is 0 Å². The van der Waals surface area contributed by atoms with Crippen molar-refractivity contribution in [3.63, 3.8) is 0 Å². The Morgan fingerprint density at radius 1 is 0.909 bits per heavy atom. The zero-order chi connectivity index (χ0) is 15.0. The molecule has 1 heterocycles. The van der Waals surface area contributed by atoms with Gasteiger partial charge in [-0.3, -0.25) is 4.57 Å². The van der Waals surface area contributed by atoms with Gasteiger partial charge in [0.2, 0.25) is 0 Å². The summed E-state index contributed by atoms with van der Waals surface area (Å²) in [6, 6.07) is 17.5. The molecule has 1 fully saturated rings. The third-order valence-electron chi connectivity index (χ3n) is 4.82. The van der Waals surface area contributed by atoms with Gasteiger partial charge in [-0.25, -0.2) is 0 Å². The standard InChI is InChI=1S/C18H20NO2P/c20-22(15-9-3-1-4-10-15)18(13-7-2-8-14-18)19-16-11-5-6-12-17(16)21-22/h1,3-6,9-12,19H,2,7-8,13-14H2/t22-/m0/s1. The lowest BCUT2D eigenvalue weighted by Gasteiger charge is -2.47. The van der Waals surface area contributed by atoms with E-state index in [0.29, 0.717) is 5.75 Å². The monoisotopic (exact) mass is 313 g/mol. The summed E-state index contributed by atoms with van der Waals surface area (Å²) >= 11 is 0. The van der Waals surface area contributed by atoms with Crippen molar-refractivity contribution in [1.82, 2.24) is 0 Å². The fourth-order valence-corrected chi connectivity index (χ4v) is 6.63. The Kier molecular flexibility index (Phi) is 3.27. The van der Waals surface area contributed by atoms with Gasteiger partial charge >= 0.3 is 7.37 Å². The molecule has 2 aromatic carbocycles. The molecule has 0 unspecified atom stereocenters.